The van der Waals surface area contributed by atoms with Gasteiger partial charge in [-0.3, -0.25) is 9.78 Å². The summed E-state index contributed by atoms with van der Waals surface area (Å²) in [5, 5.41) is 0.834. The topological polar surface area (TPSA) is 56.0 Å². The Bertz CT molecular complexity index is 506. The first kappa shape index (κ1) is 8.69. The van der Waals surface area contributed by atoms with Gasteiger partial charge in [0.15, 0.2) is 5.78 Å². The minimum Gasteiger partial charge on any atom is -0.398 e. The van der Waals surface area contributed by atoms with E-state index in [1.807, 2.05) is 6.07 Å². The molecule has 3 nitrogen and oxygen atoms in total. The summed E-state index contributed by atoms with van der Waals surface area (Å²) in [4.78, 5) is 15.3. The lowest BCUT2D eigenvalue weighted by Crippen LogP contribution is -1.94. The van der Waals surface area contributed by atoms with Crippen molar-refractivity contribution in [1.29, 1.82) is 0 Å². The van der Waals surface area contributed by atoms with Gasteiger partial charge in [0.25, 0.3) is 0 Å². The molecule has 0 aliphatic carbocycles. The quantitative estimate of drug-likeness (QED) is 0.693. The zero-order chi connectivity index (χ0) is 10.1. The molecule has 0 atom stereocenters. The van der Waals surface area contributed by atoms with E-state index in [9.17, 15) is 4.79 Å². The number of carbonyl (C=O) groups excluding carboxylic acids is 1. The minimum absolute atomic E-state index is 0.0372. The van der Waals surface area contributed by atoms with E-state index in [0.29, 0.717) is 11.3 Å². The number of fused-ring (bicyclic) bond motifs is 1. The Morgan fingerprint density at radius 3 is 2.86 bits per heavy atom. The van der Waals surface area contributed by atoms with Crippen LogP contribution in [0.3, 0.4) is 0 Å². The highest BCUT2D eigenvalue weighted by molar-refractivity contribution is 6.00. The number of pyridine rings is 1. The first-order chi connectivity index (χ1) is 6.68. The van der Waals surface area contributed by atoms with Gasteiger partial charge in [-0.2, -0.15) is 0 Å². The third kappa shape index (κ3) is 1.33. The van der Waals surface area contributed by atoms with Crippen molar-refractivity contribution < 1.29 is 4.79 Å². The Labute approximate surface area is 81.6 Å². The molecule has 0 spiro atoms. The number of nitrogen functional groups attached to an aromatic ring is 1. The maximum Gasteiger partial charge on any atom is 0.159 e. The van der Waals surface area contributed by atoms with Crippen molar-refractivity contribution in [3.63, 3.8) is 0 Å². The van der Waals surface area contributed by atoms with Crippen LogP contribution in [0.5, 0.6) is 0 Å². The number of nitrogens with zero attached hydrogens (tertiary/aromatic N) is 1. The number of anilines is 1. The number of hydrogen-bond acceptors (Lipinski definition) is 3. The van der Waals surface area contributed by atoms with Gasteiger partial charge in [-0.1, -0.05) is 0 Å². The van der Waals surface area contributed by atoms with Gasteiger partial charge >= 0.3 is 0 Å². The third-order valence-electron chi connectivity index (χ3n) is 2.18. The average molecular weight is 186 g/mol. The van der Waals surface area contributed by atoms with Crippen LogP contribution < -0.4 is 5.73 Å². The fourth-order valence-corrected chi connectivity index (χ4v) is 1.39. The fourth-order valence-electron chi connectivity index (χ4n) is 1.39. The number of nitrogens with two attached hydrogens (primary N) is 1. The van der Waals surface area contributed by atoms with Crippen molar-refractivity contribution in [2.75, 3.05) is 5.73 Å². The van der Waals surface area contributed by atoms with E-state index in [1.165, 1.54) is 6.92 Å². The van der Waals surface area contributed by atoms with E-state index in [1.54, 1.807) is 24.4 Å². The van der Waals surface area contributed by atoms with Crippen LogP contribution >= 0.6 is 0 Å². The summed E-state index contributed by atoms with van der Waals surface area (Å²) in [6.45, 7) is 1.54. The standard InChI is InChI=1S/C11H10N2O/c1-7(14)8-2-3-11-9(6-8)10(12)4-5-13-11/h2-6H,1H3,(H2,12,13). The Morgan fingerprint density at radius 2 is 2.14 bits per heavy atom. The maximum absolute atomic E-state index is 11.1. The van der Waals surface area contributed by atoms with Crippen LogP contribution in [0.4, 0.5) is 5.69 Å². The van der Waals surface area contributed by atoms with E-state index in [2.05, 4.69) is 4.98 Å². The summed E-state index contributed by atoms with van der Waals surface area (Å²) in [5.74, 6) is 0.0372. The summed E-state index contributed by atoms with van der Waals surface area (Å²) in [5.41, 5.74) is 7.90. The fraction of sp³-hybridized carbons (Fsp3) is 0.0909. The van der Waals surface area contributed by atoms with Gasteiger partial charge in [0.1, 0.15) is 0 Å². The van der Waals surface area contributed by atoms with Crippen molar-refractivity contribution in [1.82, 2.24) is 4.98 Å². The van der Waals surface area contributed by atoms with Crippen molar-refractivity contribution in [3.8, 4) is 0 Å². The Hall–Kier alpha value is -1.90. The number of hydrogen-bond donors (Lipinski definition) is 1. The minimum atomic E-state index is 0.0372. The van der Waals surface area contributed by atoms with Crippen LogP contribution in [-0.2, 0) is 0 Å². The van der Waals surface area contributed by atoms with E-state index in [0.717, 1.165) is 10.9 Å². The molecule has 0 saturated carbocycles. The average Bonchev–Trinajstić information content (AvgIpc) is 2.18. The molecule has 3 heteroatoms. The lowest BCUT2D eigenvalue weighted by molar-refractivity contribution is 0.101. The maximum atomic E-state index is 11.1. The molecule has 0 bridgehead atoms. The molecule has 2 N–H and O–H groups in total. The molecule has 0 unspecified atom stereocenters. The van der Waals surface area contributed by atoms with Gasteiger partial charge in [-0.15, -0.1) is 0 Å². The lowest BCUT2D eigenvalue weighted by atomic mass is 10.1. The van der Waals surface area contributed by atoms with Crippen molar-refractivity contribution in [2.45, 2.75) is 6.92 Å². The first-order valence-corrected chi connectivity index (χ1v) is 4.33. The highest BCUT2D eigenvalue weighted by atomic mass is 16.1. The van der Waals surface area contributed by atoms with Crippen LogP contribution in [0.1, 0.15) is 17.3 Å². The van der Waals surface area contributed by atoms with Gasteiger partial charge in [0, 0.05) is 22.8 Å². The van der Waals surface area contributed by atoms with Crippen LogP contribution in [0, 0.1) is 0 Å². The second-order valence-corrected chi connectivity index (χ2v) is 3.19. The van der Waals surface area contributed by atoms with Crippen molar-refractivity contribution >= 4 is 22.4 Å². The van der Waals surface area contributed by atoms with E-state index in [4.69, 9.17) is 5.73 Å². The highest BCUT2D eigenvalue weighted by Gasteiger charge is 2.03. The predicted octanol–water partition coefficient (Wildman–Crippen LogP) is 2.02. The molecule has 1 aromatic carbocycles. The van der Waals surface area contributed by atoms with Crippen molar-refractivity contribution in [3.05, 3.63) is 36.0 Å². The van der Waals surface area contributed by atoms with E-state index in [-0.39, 0.29) is 5.78 Å². The molecule has 0 aliphatic heterocycles. The van der Waals surface area contributed by atoms with Gasteiger partial charge in [0.2, 0.25) is 0 Å². The molecule has 1 aromatic heterocycles. The largest absolute Gasteiger partial charge is 0.398 e. The second-order valence-electron chi connectivity index (χ2n) is 3.19. The zero-order valence-corrected chi connectivity index (χ0v) is 7.82. The second kappa shape index (κ2) is 3.10. The van der Waals surface area contributed by atoms with Crippen molar-refractivity contribution in [2.24, 2.45) is 0 Å². The van der Waals surface area contributed by atoms with E-state index >= 15 is 0 Å². The molecule has 2 rings (SSSR count). The van der Waals surface area contributed by atoms with Gasteiger partial charge in [0.05, 0.1) is 5.52 Å². The number of aromatic nitrogens is 1. The molecular formula is C11H10N2O. The van der Waals surface area contributed by atoms with Gasteiger partial charge < -0.3 is 5.73 Å². The zero-order valence-electron chi connectivity index (χ0n) is 7.82. The summed E-state index contributed by atoms with van der Waals surface area (Å²) in [6, 6.07) is 7.08. The molecular weight excluding hydrogens is 176 g/mol. The Morgan fingerprint density at radius 1 is 1.36 bits per heavy atom. The van der Waals surface area contributed by atoms with Crippen LogP contribution in [0.25, 0.3) is 10.9 Å². The third-order valence-corrected chi connectivity index (χ3v) is 2.18. The number of benzene rings is 1. The molecule has 0 radical (unpaired) electrons. The summed E-state index contributed by atoms with van der Waals surface area (Å²) in [7, 11) is 0. The normalized spacial score (nSPS) is 10.4. The summed E-state index contributed by atoms with van der Waals surface area (Å²) >= 11 is 0. The number of carbonyl (C=O) groups is 1. The molecule has 0 amide bonds. The monoisotopic (exact) mass is 186 g/mol. The number of Topliss-reactive ketones (excluding diaryl/α,β-unsaturated/α-hetero) is 1. The Kier molecular flexibility index (Phi) is 1.93. The summed E-state index contributed by atoms with van der Waals surface area (Å²) < 4.78 is 0. The lowest BCUT2D eigenvalue weighted by Gasteiger charge is -2.02. The van der Waals surface area contributed by atoms with Crippen LogP contribution in [-0.4, -0.2) is 10.8 Å². The van der Waals surface area contributed by atoms with E-state index < -0.39 is 0 Å². The predicted molar refractivity (Wildman–Crippen MR) is 56.2 cm³/mol. The van der Waals surface area contributed by atoms with Crippen LogP contribution in [0.2, 0.25) is 0 Å². The molecule has 14 heavy (non-hydrogen) atoms. The number of rotatable bonds is 1. The van der Waals surface area contributed by atoms with Gasteiger partial charge in [-0.25, -0.2) is 0 Å². The Balaban J connectivity index is 2.76. The molecule has 1 heterocycles. The van der Waals surface area contributed by atoms with Crippen LogP contribution in [0.15, 0.2) is 30.5 Å². The number of ketones is 1. The first-order valence-electron chi connectivity index (χ1n) is 4.33. The van der Waals surface area contributed by atoms with Gasteiger partial charge in [-0.05, 0) is 31.2 Å². The molecule has 0 saturated heterocycles. The smallest absolute Gasteiger partial charge is 0.159 e. The SMILES string of the molecule is CC(=O)c1ccc2nccc(N)c2c1. The molecule has 0 aliphatic rings. The molecule has 0 fully saturated rings. The molecule has 2 aromatic rings. The summed E-state index contributed by atoms with van der Waals surface area (Å²) in [6.07, 6.45) is 1.66. The highest BCUT2D eigenvalue weighted by Crippen LogP contribution is 2.20. The molecule has 70 valence electrons.